The number of anilines is 1. The molecular formula is C15H18Cl2N4S2. The van der Waals surface area contributed by atoms with Gasteiger partial charge >= 0.3 is 0 Å². The van der Waals surface area contributed by atoms with Crippen LogP contribution in [0.3, 0.4) is 0 Å². The molecule has 0 radical (unpaired) electrons. The van der Waals surface area contributed by atoms with Crippen LogP contribution in [0.2, 0.25) is 10.0 Å². The van der Waals surface area contributed by atoms with Gasteiger partial charge in [-0.1, -0.05) is 59.3 Å². The van der Waals surface area contributed by atoms with E-state index in [1.807, 2.05) is 12.1 Å². The molecule has 1 aromatic heterocycles. The Hall–Kier alpha value is -0.530. The highest BCUT2D eigenvalue weighted by molar-refractivity contribution is 8.01. The first kappa shape index (κ1) is 17.3. The summed E-state index contributed by atoms with van der Waals surface area (Å²) in [5.41, 5.74) is 6.12. The Kier molecular flexibility index (Phi) is 5.38. The second-order valence-corrected chi connectivity index (χ2v) is 9.04. The standard InChI is InChI=1S/C15H18Cl2N4S2/c1-15(9-18)5-7-21(8-6-15)13-19-20-14(23-13)22-11-4-2-3-10(16)12(11)17/h2-4H,5-9,18H2,1H3. The minimum absolute atomic E-state index is 0.257. The zero-order valence-electron chi connectivity index (χ0n) is 12.8. The molecule has 0 bridgehead atoms. The normalized spacial score (nSPS) is 17.5. The first-order valence-corrected chi connectivity index (χ1v) is 9.80. The quantitative estimate of drug-likeness (QED) is 0.831. The fourth-order valence-corrected chi connectivity index (χ4v) is 4.85. The number of hydrogen-bond acceptors (Lipinski definition) is 6. The summed E-state index contributed by atoms with van der Waals surface area (Å²) in [5.74, 6) is 0. The summed E-state index contributed by atoms with van der Waals surface area (Å²) in [6, 6.07) is 5.60. The third kappa shape index (κ3) is 3.94. The van der Waals surface area contributed by atoms with Crippen molar-refractivity contribution >= 4 is 51.4 Å². The summed E-state index contributed by atoms with van der Waals surface area (Å²) in [5, 5.41) is 10.7. The molecule has 0 atom stereocenters. The molecule has 3 rings (SSSR count). The molecule has 1 saturated heterocycles. The maximum atomic E-state index is 6.23. The fraction of sp³-hybridized carbons (Fsp3) is 0.467. The van der Waals surface area contributed by atoms with E-state index in [9.17, 15) is 0 Å². The Bertz CT molecular complexity index is 684. The molecule has 8 heteroatoms. The molecule has 1 aliphatic rings. The summed E-state index contributed by atoms with van der Waals surface area (Å²) in [6.07, 6.45) is 2.18. The highest BCUT2D eigenvalue weighted by atomic mass is 35.5. The average Bonchev–Trinajstić information content (AvgIpc) is 3.01. The van der Waals surface area contributed by atoms with Gasteiger partial charge in [-0.3, -0.25) is 0 Å². The van der Waals surface area contributed by atoms with E-state index in [2.05, 4.69) is 22.0 Å². The number of nitrogens with two attached hydrogens (primary N) is 1. The van der Waals surface area contributed by atoms with Gasteiger partial charge in [-0.2, -0.15) is 0 Å². The van der Waals surface area contributed by atoms with Crippen molar-refractivity contribution in [3.63, 3.8) is 0 Å². The molecular weight excluding hydrogens is 371 g/mol. The minimum Gasteiger partial charge on any atom is -0.347 e. The fourth-order valence-electron chi connectivity index (χ4n) is 2.47. The SMILES string of the molecule is CC1(CN)CCN(c2nnc(Sc3cccc(Cl)c3Cl)s2)CC1. The van der Waals surface area contributed by atoms with E-state index in [4.69, 9.17) is 28.9 Å². The van der Waals surface area contributed by atoms with Crippen LogP contribution in [0.25, 0.3) is 0 Å². The van der Waals surface area contributed by atoms with Gasteiger partial charge < -0.3 is 10.6 Å². The topological polar surface area (TPSA) is 55.0 Å². The molecule has 1 fully saturated rings. The zero-order chi connectivity index (χ0) is 16.4. The van der Waals surface area contributed by atoms with Gasteiger partial charge in [0, 0.05) is 18.0 Å². The number of nitrogens with zero attached hydrogens (tertiary/aromatic N) is 3. The Morgan fingerprint density at radius 1 is 1.30 bits per heavy atom. The van der Waals surface area contributed by atoms with Crippen molar-refractivity contribution in [2.45, 2.75) is 29.0 Å². The van der Waals surface area contributed by atoms with E-state index in [1.165, 1.54) is 11.8 Å². The Balaban J connectivity index is 1.68. The molecule has 1 aromatic carbocycles. The van der Waals surface area contributed by atoms with Gasteiger partial charge in [-0.15, -0.1) is 10.2 Å². The van der Waals surface area contributed by atoms with Gasteiger partial charge in [-0.25, -0.2) is 0 Å². The maximum Gasteiger partial charge on any atom is 0.209 e. The Morgan fingerprint density at radius 2 is 2.04 bits per heavy atom. The summed E-state index contributed by atoms with van der Waals surface area (Å²) >= 11 is 15.4. The van der Waals surface area contributed by atoms with Crippen molar-refractivity contribution in [1.29, 1.82) is 0 Å². The molecule has 2 N–H and O–H groups in total. The smallest absolute Gasteiger partial charge is 0.209 e. The Labute approximate surface area is 154 Å². The third-order valence-corrected chi connectivity index (χ3v) is 7.27. The molecule has 124 valence electrons. The van der Waals surface area contributed by atoms with E-state index in [0.29, 0.717) is 10.0 Å². The lowest BCUT2D eigenvalue weighted by atomic mass is 9.81. The molecule has 1 aliphatic heterocycles. The van der Waals surface area contributed by atoms with Crippen molar-refractivity contribution in [2.24, 2.45) is 11.1 Å². The van der Waals surface area contributed by atoms with Crippen LogP contribution >= 0.6 is 46.3 Å². The van der Waals surface area contributed by atoms with Crippen molar-refractivity contribution < 1.29 is 0 Å². The largest absolute Gasteiger partial charge is 0.347 e. The number of piperidine rings is 1. The van der Waals surface area contributed by atoms with Gasteiger partial charge in [0.25, 0.3) is 0 Å². The second kappa shape index (κ2) is 7.15. The van der Waals surface area contributed by atoms with Gasteiger partial charge in [-0.05, 0) is 36.9 Å². The lowest BCUT2D eigenvalue weighted by Gasteiger charge is -2.38. The van der Waals surface area contributed by atoms with Gasteiger partial charge in [0.05, 0.1) is 10.0 Å². The van der Waals surface area contributed by atoms with Crippen molar-refractivity contribution in [2.75, 3.05) is 24.5 Å². The summed E-state index contributed by atoms with van der Waals surface area (Å²) in [4.78, 5) is 3.19. The van der Waals surface area contributed by atoms with Crippen LogP contribution in [-0.4, -0.2) is 29.8 Å². The van der Waals surface area contributed by atoms with Crippen LogP contribution in [0.5, 0.6) is 0 Å². The third-order valence-electron chi connectivity index (χ3n) is 4.24. The summed E-state index contributed by atoms with van der Waals surface area (Å²) < 4.78 is 0.872. The molecule has 0 aliphatic carbocycles. The van der Waals surface area contributed by atoms with Crippen LogP contribution in [-0.2, 0) is 0 Å². The lowest BCUT2D eigenvalue weighted by Crippen LogP contribution is -2.42. The zero-order valence-corrected chi connectivity index (χ0v) is 15.9. The summed E-state index contributed by atoms with van der Waals surface area (Å²) in [6.45, 7) is 4.95. The van der Waals surface area contributed by atoms with E-state index >= 15 is 0 Å². The van der Waals surface area contributed by atoms with Crippen LogP contribution in [0.1, 0.15) is 19.8 Å². The maximum absolute atomic E-state index is 6.23. The Morgan fingerprint density at radius 3 is 2.74 bits per heavy atom. The molecule has 2 aromatic rings. The van der Waals surface area contributed by atoms with Gasteiger partial charge in [0.1, 0.15) is 0 Å². The second-order valence-electron chi connectivity index (χ2n) is 6.01. The van der Waals surface area contributed by atoms with Crippen molar-refractivity contribution in [3.05, 3.63) is 28.2 Å². The molecule has 0 amide bonds. The van der Waals surface area contributed by atoms with Crippen molar-refractivity contribution in [1.82, 2.24) is 10.2 Å². The number of benzene rings is 1. The highest BCUT2D eigenvalue weighted by Crippen LogP contribution is 2.40. The lowest BCUT2D eigenvalue weighted by molar-refractivity contribution is 0.258. The number of rotatable bonds is 4. The van der Waals surface area contributed by atoms with E-state index in [-0.39, 0.29) is 5.41 Å². The predicted molar refractivity (Wildman–Crippen MR) is 99.1 cm³/mol. The summed E-state index contributed by atoms with van der Waals surface area (Å²) in [7, 11) is 0. The van der Waals surface area contributed by atoms with Crippen molar-refractivity contribution in [3.8, 4) is 0 Å². The molecule has 2 heterocycles. The number of halogens is 2. The van der Waals surface area contributed by atoms with Gasteiger partial charge in [0.15, 0.2) is 4.34 Å². The van der Waals surface area contributed by atoms with E-state index in [0.717, 1.165) is 46.8 Å². The molecule has 0 saturated carbocycles. The first-order chi connectivity index (χ1) is 11.0. The number of hydrogen-bond donors (Lipinski definition) is 1. The molecule has 4 nitrogen and oxygen atoms in total. The minimum atomic E-state index is 0.257. The van der Waals surface area contributed by atoms with E-state index < -0.39 is 0 Å². The van der Waals surface area contributed by atoms with Crippen LogP contribution in [0.15, 0.2) is 27.4 Å². The van der Waals surface area contributed by atoms with Crippen LogP contribution in [0, 0.1) is 5.41 Å². The van der Waals surface area contributed by atoms with Gasteiger partial charge in [0.2, 0.25) is 5.13 Å². The predicted octanol–water partition coefficient (Wildman–Crippen LogP) is 4.56. The molecule has 23 heavy (non-hydrogen) atoms. The average molecular weight is 389 g/mol. The van der Waals surface area contributed by atoms with Crippen LogP contribution in [0.4, 0.5) is 5.13 Å². The van der Waals surface area contributed by atoms with Crippen LogP contribution < -0.4 is 10.6 Å². The number of aromatic nitrogens is 2. The van der Waals surface area contributed by atoms with E-state index in [1.54, 1.807) is 17.4 Å². The molecule has 0 unspecified atom stereocenters. The monoisotopic (exact) mass is 388 g/mol. The molecule has 0 spiro atoms. The first-order valence-electron chi connectivity index (χ1n) is 7.41. The highest BCUT2D eigenvalue weighted by Gasteiger charge is 2.30.